The molecule has 15 heteroatoms. The molecule has 6 rings (SSSR count). The largest absolute Gasteiger partial charge is 0.449 e. The van der Waals surface area contributed by atoms with Gasteiger partial charge in [-0.3, -0.25) is 24.0 Å². The third-order valence-electron chi connectivity index (χ3n) is 11.2. The van der Waals surface area contributed by atoms with Gasteiger partial charge in [-0.2, -0.15) is 0 Å². The summed E-state index contributed by atoms with van der Waals surface area (Å²) in [4.78, 5) is 72.0. The number of cyclic esters (lactones) is 1. The SMILES string of the molecule is CC[C@@H]1C[C@]1(NC(=O)C1C[C@@H]2CN1C(=O)[C@H](C(C)(C)C)NC(=O)OCC(C)(C)CC/C=C/c1cccc3c1CN(C3)C(=O)O2)C(=O)NS(=O)(=O)C1CC1. The summed E-state index contributed by atoms with van der Waals surface area (Å²) in [7, 11) is -3.88. The van der Waals surface area contributed by atoms with Crippen molar-refractivity contribution in [1.82, 2.24) is 25.2 Å². The van der Waals surface area contributed by atoms with Crippen molar-refractivity contribution in [1.29, 1.82) is 0 Å². The summed E-state index contributed by atoms with van der Waals surface area (Å²) in [6.07, 6.45) is 4.94. The van der Waals surface area contributed by atoms with Crippen molar-refractivity contribution in [2.75, 3.05) is 13.2 Å². The first-order valence-electron chi connectivity index (χ1n) is 18.7. The minimum atomic E-state index is -3.88. The summed E-state index contributed by atoms with van der Waals surface area (Å²) < 4.78 is 39.2. The molecule has 53 heavy (non-hydrogen) atoms. The van der Waals surface area contributed by atoms with E-state index in [1.165, 1.54) is 4.90 Å². The number of fused-ring (bicyclic) bond motifs is 3. The lowest BCUT2D eigenvalue weighted by atomic mass is 9.85. The third-order valence-corrected chi connectivity index (χ3v) is 13.0. The highest BCUT2D eigenvalue weighted by Gasteiger charge is 2.62. The lowest BCUT2D eigenvalue weighted by Gasteiger charge is -2.35. The zero-order chi connectivity index (χ0) is 38.5. The zero-order valence-electron chi connectivity index (χ0n) is 31.5. The highest BCUT2D eigenvalue weighted by atomic mass is 32.2. The van der Waals surface area contributed by atoms with Crippen molar-refractivity contribution < 1.29 is 41.9 Å². The number of nitrogens with one attached hydrogen (secondary N) is 3. The number of ether oxygens (including phenoxy) is 2. The molecule has 3 fully saturated rings. The van der Waals surface area contributed by atoms with Crippen LogP contribution in [0.4, 0.5) is 9.59 Å². The topological polar surface area (TPSA) is 181 Å². The smallest absolute Gasteiger partial charge is 0.410 e. The van der Waals surface area contributed by atoms with Crippen molar-refractivity contribution in [3.05, 3.63) is 41.0 Å². The van der Waals surface area contributed by atoms with Crippen LogP contribution in [0.15, 0.2) is 24.3 Å². The number of allylic oxidation sites excluding steroid dienone is 1. The molecular weight excluding hydrogens is 703 g/mol. The average Bonchev–Trinajstić information content (AvgIpc) is 3.97. The fourth-order valence-corrected chi connectivity index (χ4v) is 8.98. The van der Waals surface area contributed by atoms with E-state index in [9.17, 15) is 32.4 Å². The maximum absolute atomic E-state index is 14.5. The van der Waals surface area contributed by atoms with E-state index in [0.29, 0.717) is 32.4 Å². The molecule has 5 atom stereocenters. The van der Waals surface area contributed by atoms with Crippen molar-refractivity contribution in [2.24, 2.45) is 16.7 Å². The minimum absolute atomic E-state index is 0.0670. The number of sulfonamides is 1. The van der Waals surface area contributed by atoms with E-state index in [1.807, 2.05) is 45.0 Å². The van der Waals surface area contributed by atoms with Crippen LogP contribution >= 0.6 is 0 Å². The maximum atomic E-state index is 14.5. The number of amides is 5. The molecule has 3 N–H and O–H groups in total. The van der Waals surface area contributed by atoms with Gasteiger partial charge in [0.2, 0.25) is 21.8 Å². The van der Waals surface area contributed by atoms with Crippen LogP contribution in [0.1, 0.15) is 103 Å². The molecule has 0 spiro atoms. The van der Waals surface area contributed by atoms with E-state index in [0.717, 1.165) is 29.5 Å². The van der Waals surface area contributed by atoms with E-state index < -0.39 is 74.3 Å². The van der Waals surface area contributed by atoms with E-state index >= 15 is 0 Å². The van der Waals surface area contributed by atoms with E-state index in [1.54, 1.807) is 25.7 Å². The van der Waals surface area contributed by atoms with Crippen LogP contribution in [0.3, 0.4) is 0 Å². The molecule has 5 aliphatic rings. The molecule has 3 heterocycles. The molecule has 1 aromatic carbocycles. The number of hydrogen-bond donors (Lipinski definition) is 3. The molecule has 14 nitrogen and oxygen atoms in total. The van der Waals surface area contributed by atoms with Gasteiger partial charge >= 0.3 is 12.2 Å². The fourth-order valence-electron chi connectivity index (χ4n) is 7.61. The predicted molar refractivity (Wildman–Crippen MR) is 195 cm³/mol. The first-order valence-corrected chi connectivity index (χ1v) is 20.2. The third kappa shape index (κ3) is 8.34. The Morgan fingerprint density at radius 1 is 1.09 bits per heavy atom. The van der Waals surface area contributed by atoms with Crippen LogP contribution < -0.4 is 15.4 Å². The first-order chi connectivity index (χ1) is 24.8. The molecule has 0 radical (unpaired) electrons. The van der Waals surface area contributed by atoms with E-state index in [4.69, 9.17) is 9.47 Å². The number of benzene rings is 1. The van der Waals surface area contributed by atoms with Crippen LogP contribution in [0, 0.1) is 16.7 Å². The number of carbonyl (C=O) groups excluding carboxylic acids is 5. The lowest BCUT2D eigenvalue weighted by molar-refractivity contribution is -0.143. The summed E-state index contributed by atoms with van der Waals surface area (Å²) in [5.74, 6) is -2.36. The second kappa shape index (κ2) is 14.3. The Balaban J connectivity index is 1.29. The van der Waals surface area contributed by atoms with Crippen LogP contribution in [0.25, 0.3) is 6.08 Å². The molecule has 1 saturated heterocycles. The molecule has 2 aliphatic carbocycles. The number of alkyl carbamates (subject to hydrolysis) is 1. The van der Waals surface area contributed by atoms with Gasteiger partial charge in [0.25, 0.3) is 5.91 Å². The summed E-state index contributed by atoms with van der Waals surface area (Å²) in [6, 6.07) is 3.61. The Morgan fingerprint density at radius 2 is 1.83 bits per heavy atom. The van der Waals surface area contributed by atoms with Gasteiger partial charge in [0.05, 0.1) is 24.9 Å². The molecule has 5 amide bonds. The Labute approximate surface area is 311 Å². The molecule has 2 saturated carbocycles. The fraction of sp³-hybridized carbons (Fsp3) is 0.658. The Kier molecular flexibility index (Phi) is 10.4. The van der Waals surface area contributed by atoms with Gasteiger partial charge < -0.3 is 25.0 Å². The normalized spacial score (nSPS) is 29.7. The zero-order valence-corrected chi connectivity index (χ0v) is 32.3. The van der Waals surface area contributed by atoms with Gasteiger partial charge in [-0.05, 0) is 65.5 Å². The molecule has 290 valence electrons. The van der Waals surface area contributed by atoms with Crippen LogP contribution in [0.2, 0.25) is 0 Å². The molecular formula is C38H53N5O9S. The van der Waals surface area contributed by atoms with Gasteiger partial charge in [-0.1, -0.05) is 78.3 Å². The van der Waals surface area contributed by atoms with E-state index in [2.05, 4.69) is 21.4 Å². The number of nitrogens with zero attached hydrogens (tertiary/aromatic N) is 2. The van der Waals surface area contributed by atoms with Gasteiger partial charge in [0.1, 0.15) is 23.7 Å². The van der Waals surface area contributed by atoms with Gasteiger partial charge in [0.15, 0.2) is 0 Å². The van der Waals surface area contributed by atoms with Crippen LogP contribution in [-0.2, 0) is 47.0 Å². The molecule has 1 aromatic rings. The van der Waals surface area contributed by atoms with Crippen molar-refractivity contribution >= 4 is 46.0 Å². The summed E-state index contributed by atoms with van der Waals surface area (Å²) in [5, 5.41) is 4.93. The summed E-state index contributed by atoms with van der Waals surface area (Å²) in [6.45, 7) is 11.8. The van der Waals surface area contributed by atoms with Gasteiger partial charge in [-0.25, -0.2) is 18.0 Å². The van der Waals surface area contributed by atoms with Crippen molar-refractivity contribution in [2.45, 2.75) is 129 Å². The predicted octanol–water partition coefficient (Wildman–Crippen LogP) is 3.98. The van der Waals surface area contributed by atoms with E-state index in [-0.39, 0.29) is 37.3 Å². The standard InChI is InChI=1S/C38H53N5O9S/c1-7-25-18-38(25,33(46)41-53(49,50)27-14-15-27)40-31(44)29-17-26-20-43(29)32(45)30(36(2,3)4)39-34(47)51-22-37(5,6)16-9-8-11-23-12-10-13-24-19-42(21-28(23)24)35(48)52-26/h8,10-13,25-27,29-30H,7,9,14-22H2,1-6H3,(H,39,47)(H,40,44)(H,41,46)/b11-8+/t25-,26-,29?,30-,38-/m1/s1. The van der Waals surface area contributed by atoms with Crippen molar-refractivity contribution in [3.8, 4) is 0 Å². The Bertz CT molecular complexity index is 1800. The average molecular weight is 756 g/mol. The Morgan fingerprint density at radius 3 is 2.49 bits per heavy atom. The molecule has 0 aromatic heterocycles. The highest BCUT2D eigenvalue weighted by molar-refractivity contribution is 7.91. The Hall–Kier alpha value is -4.14. The molecule has 1 unspecified atom stereocenters. The summed E-state index contributed by atoms with van der Waals surface area (Å²) >= 11 is 0. The number of rotatable bonds is 6. The van der Waals surface area contributed by atoms with Gasteiger partial charge in [-0.15, -0.1) is 0 Å². The van der Waals surface area contributed by atoms with Crippen LogP contribution in [0.5, 0.6) is 0 Å². The number of hydrogen-bond acceptors (Lipinski definition) is 9. The monoisotopic (exact) mass is 755 g/mol. The minimum Gasteiger partial charge on any atom is -0.449 e. The van der Waals surface area contributed by atoms with Crippen LogP contribution in [-0.4, -0.2) is 90.3 Å². The quantitative estimate of drug-likeness (QED) is 0.387. The molecule has 4 bridgehead atoms. The van der Waals surface area contributed by atoms with Crippen molar-refractivity contribution in [3.63, 3.8) is 0 Å². The van der Waals surface area contributed by atoms with Gasteiger partial charge in [0, 0.05) is 13.0 Å². The first kappa shape index (κ1) is 38.6. The maximum Gasteiger partial charge on any atom is 0.410 e. The highest BCUT2D eigenvalue weighted by Crippen LogP contribution is 2.47. The molecule has 3 aliphatic heterocycles. The second-order valence-electron chi connectivity index (χ2n) is 17.2. The number of carbonyl (C=O) groups is 5. The second-order valence-corrected chi connectivity index (χ2v) is 19.1. The summed E-state index contributed by atoms with van der Waals surface area (Å²) in [5.41, 5.74) is 0.357. The lowest BCUT2D eigenvalue weighted by Crippen LogP contribution is -2.60.